The van der Waals surface area contributed by atoms with Crippen LogP contribution in [-0.2, 0) is 0 Å². The topological polar surface area (TPSA) is 24.4 Å². The SMILES string of the molecule is CC(C)C1CN=C(N[C@@H](C)c2ccc(F)cc2)S1. The molecule has 18 heavy (non-hydrogen) atoms. The molecule has 0 bridgehead atoms. The average Bonchev–Trinajstić information content (AvgIpc) is 2.78. The Morgan fingerprint density at radius 1 is 1.28 bits per heavy atom. The molecule has 0 aliphatic carbocycles. The zero-order chi connectivity index (χ0) is 13.1. The number of rotatable bonds is 3. The number of halogens is 1. The number of nitrogens with zero attached hydrogens (tertiary/aromatic N) is 1. The summed E-state index contributed by atoms with van der Waals surface area (Å²) in [7, 11) is 0. The molecule has 1 unspecified atom stereocenters. The van der Waals surface area contributed by atoms with Gasteiger partial charge in [0.1, 0.15) is 5.82 Å². The van der Waals surface area contributed by atoms with Crippen molar-refractivity contribution >= 4 is 16.9 Å². The first-order valence-corrected chi connectivity index (χ1v) is 7.17. The normalized spacial score (nSPS) is 20.9. The fourth-order valence-electron chi connectivity index (χ4n) is 1.84. The van der Waals surface area contributed by atoms with Crippen molar-refractivity contribution in [1.29, 1.82) is 0 Å². The van der Waals surface area contributed by atoms with E-state index in [1.807, 2.05) is 23.9 Å². The fourth-order valence-corrected chi connectivity index (χ4v) is 2.94. The summed E-state index contributed by atoms with van der Waals surface area (Å²) in [5.41, 5.74) is 1.08. The monoisotopic (exact) mass is 266 g/mol. The van der Waals surface area contributed by atoms with E-state index in [1.165, 1.54) is 12.1 Å². The van der Waals surface area contributed by atoms with Gasteiger partial charge in [0.15, 0.2) is 5.17 Å². The first kappa shape index (κ1) is 13.4. The van der Waals surface area contributed by atoms with E-state index in [9.17, 15) is 4.39 Å². The second-order valence-electron chi connectivity index (χ2n) is 4.96. The minimum atomic E-state index is -0.196. The third-order valence-electron chi connectivity index (χ3n) is 3.13. The van der Waals surface area contributed by atoms with E-state index in [0.717, 1.165) is 17.3 Å². The lowest BCUT2D eigenvalue weighted by Crippen LogP contribution is -2.24. The summed E-state index contributed by atoms with van der Waals surface area (Å²) in [5.74, 6) is 0.442. The molecule has 2 atom stereocenters. The molecular formula is C14H19FN2S. The molecule has 0 radical (unpaired) electrons. The average molecular weight is 266 g/mol. The maximum absolute atomic E-state index is 12.8. The Bertz CT molecular complexity index is 428. The van der Waals surface area contributed by atoms with E-state index >= 15 is 0 Å². The summed E-state index contributed by atoms with van der Waals surface area (Å²) >= 11 is 1.81. The van der Waals surface area contributed by atoms with E-state index < -0.39 is 0 Å². The lowest BCUT2D eigenvalue weighted by Gasteiger charge is -2.16. The highest BCUT2D eigenvalue weighted by Gasteiger charge is 2.23. The van der Waals surface area contributed by atoms with Gasteiger partial charge in [0.2, 0.25) is 0 Å². The molecule has 0 spiro atoms. The van der Waals surface area contributed by atoms with Gasteiger partial charge in [-0.3, -0.25) is 4.99 Å². The van der Waals surface area contributed by atoms with Crippen molar-refractivity contribution in [3.8, 4) is 0 Å². The summed E-state index contributed by atoms with van der Waals surface area (Å²) in [4.78, 5) is 4.52. The molecule has 0 fully saturated rings. The quantitative estimate of drug-likeness (QED) is 0.904. The predicted octanol–water partition coefficient (Wildman–Crippen LogP) is 3.60. The van der Waals surface area contributed by atoms with Crippen molar-refractivity contribution in [3.63, 3.8) is 0 Å². The third-order valence-corrected chi connectivity index (χ3v) is 4.60. The highest BCUT2D eigenvalue weighted by Crippen LogP contribution is 2.27. The number of nitrogens with one attached hydrogen (secondary N) is 1. The van der Waals surface area contributed by atoms with Crippen LogP contribution in [0.25, 0.3) is 0 Å². The van der Waals surface area contributed by atoms with E-state index in [0.29, 0.717) is 11.2 Å². The van der Waals surface area contributed by atoms with Crippen molar-refractivity contribution in [2.24, 2.45) is 10.9 Å². The molecule has 4 heteroatoms. The van der Waals surface area contributed by atoms with E-state index in [4.69, 9.17) is 0 Å². The lowest BCUT2D eigenvalue weighted by atomic mass is 10.1. The molecule has 98 valence electrons. The van der Waals surface area contributed by atoms with Gasteiger partial charge in [-0.05, 0) is 30.5 Å². The molecule has 0 saturated carbocycles. The third kappa shape index (κ3) is 3.25. The zero-order valence-corrected chi connectivity index (χ0v) is 11.8. The van der Waals surface area contributed by atoms with Gasteiger partial charge in [0.25, 0.3) is 0 Å². The number of amidine groups is 1. The van der Waals surface area contributed by atoms with Crippen molar-refractivity contribution in [2.45, 2.75) is 32.1 Å². The maximum atomic E-state index is 12.8. The molecule has 0 aromatic heterocycles. The minimum Gasteiger partial charge on any atom is -0.358 e. The zero-order valence-electron chi connectivity index (χ0n) is 11.0. The van der Waals surface area contributed by atoms with Crippen LogP contribution in [0.3, 0.4) is 0 Å². The van der Waals surface area contributed by atoms with Crippen molar-refractivity contribution < 1.29 is 4.39 Å². The standard InChI is InChI=1S/C14H19FN2S/c1-9(2)13-8-16-14(18-13)17-10(3)11-4-6-12(15)7-5-11/h4-7,9-10,13H,8H2,1-3H3,(H,16,17)/t10-,13?/m0/s1. The van der Waals surface area contributed by atoms with Gasteiger partial charge in [-0.25, -0.2) is 4.39 Å². The Hall–Kier alpha value is -1.03. The van der Waals surface area contributed by atoms with Gasteiger partial charge < -0.3 is 5.32 Å². The van der Waals surface area contributed by atoms with Gasteiger partial charge in [-0.2, -0.15) is 0 Å². The summed E-state index contributed by atoms with van der Waals surface area (Å²) < 4.78 is 12.8. The summed E-state index contributed by atoms with van der Waals surface area (Å²) in [6.45, 7) is 7.40. The Morgan fingerprint density at radius 3 is 2.50 bits per heavy atom. The van der Waals surface area contributed by atoms with Crippen LogP contribution in [-0.4, -0.2) is 17.0 Å². The molecule has 0 amide bonds. The summed E-state index contributed by atoms with van der Waals surface area (Å²) in [6.07, 6.45) is 0. The van der Waals surface area contributed by atoms with Crippen LogP contribution in [0.5, 0.6) is 0 Å². The van der Waals surface area contributed by atoms with Crippen LogP contribution in [0, 0.1) is 11.7 Å². The van der Waals surface area contributed by atoms with Gasteiger partial charge >= 0.3 is 0 Å². The van der Waals surface area contributed by atoms with E-state index in [1.54, 1.807) is 0 Å². The molecule has 1 aromatic carbocycles. The first-order valence-electron chi connectivity index (χ1n) is 6.29. The highest BCUT2D eigenvalue weighted by molar-refractivity contribution is 8.14. The molecular weight excluding hydrogens is 247 g/mol. The Balaban J connectivity index is 1.92. The van der Waals surface area contributed by atoms with Crippen LogP contribution in [0.4, 0.5) is 4.39 Å². The van der Waals surface area contributed by atoms with Crippen LogP contribution in [0.2, 0.25) is 0 Å². The second-order valence-corrected chi connectivity index (χ2v) is 6.19. The first-order chi connectivity index (χ1) is 8.56. The molecule has 1 aliphatic rings. The summed E-state index contributed by atoms with van der Waals surface area (Å²) in [5, 5.41) is 4.97. The molecule has 1 aliphatic heterocycles. The molecule has 1 N–H and O–H groups in total. The smallest absolute Gasteiger partial charge is 0.157 e. The molecule has 1 heterocycles. The highest BCUT2D eigenvalue weighted by atomic mass is 32.2. The van der Waals surface area contributed by atoms with Crippen LogP contribution >= 0.6 is 11.8 Å². The van der Waals surface area contributed by atoms with Gasteiger partial charge in [-0.15, -0.1) is 0 Å². The fraction of sp³-hybridized carbons (Fsp3) is 0.500. The largest absolute Gasteiger partial charge is 0.358 e. The van der Waals surface area contributed by atoms with Gasteiger partial charge in [0.05, 0.1) is 12.6 Å². The van der Waals surface area contributed by atoms with Crippen molar-refractivity contribution in [3.05, 3.63) is 35.6 Å². The Labute approximate surface area is 112 Å². The maximum Gasteiger partial charge on any atom is 0.157 e. The van der Waals surface area contributed by atoms with E-state index in [-0.39, 0.29) is 11.9 Å². The number of hydrogen-bond donors (Lipinski definition) is 1. The molecule has 0 saturated heterocycles. The number of thioether (sulfide) groups is 1. The number of aliphatic imine (C=N–C) groups is 1. The Morgan fingerprint density at radius 2 is 1.94 bits per heavy atom. The predicted molar refractivity (Wildman–Crippen MR) is 76.5 cm³/mol. The minimum absolute atomic E-state index is 0.155. The van der Waals surface area contributed by atoms with Crippen molar-refractivity contribution in [2.75, 3.05) is 6.54 Å². The van der Waals surface area contributed by atoms with Gasteiger partial charge in [-0.1, -0.05) is 37.7 Å². The van der Waals surface area contributed by atoms with Crippen LogP contribution < -0.4 is 5.32 Å². The summed E-state index contributed by atoms with van der Waals surface area (Å²) in [6, 6.07) is 6.77. The van der Waals surface area contributed by atoms with Crippen molar-refractivity contribution in [1.82, 2.24) is 5.32 Å². The Kier molecular flexibility index (Phi) is 4.27. The van der Waals surface area contributed by atoms with Gasteiger partial charge in [0, 0.05) is 5.25 Å². The van der Waals surface area contributed by atoms with Crippen LogP contribution in [0.15, 0.2) is 29.3 Å². The molecule has 1 aromatic rings. The lowest BCUT2D eigenvalue weighted by molar-refractivity contribution is 0.620. The number of benzene rings is 1. The van der Waals surface area contributed by atoms with E-state index in [2.05, 4.69) is 31.1 Å². The number of hydrogen-bond acceptors (Lipinski definition) is 3. The van der Waals surface area contributed by atoms with Crippen LogP contribution in [0.1, 0.15) is 32.4 Å². The molecule has 2 nitrogen and oxygen atoms in total. The molecule has 2 rings (SSSR count). The second kappa shape index (κ2) is 5.74.